The number of aliphatic hydroxyl groups is 1. The molecule has 0 amide bonds. The Hall–Kier alpha value is -2.29. The first-order chi connectivity index (χ1) is 18.2. The molecule has 1 saturated carbocycles. The van der Waals surface area contributed by atoms with Gasteiger partial charge in [0.15, 0.2) is 5.78 Å². The molecule has 2 aromatic carbocycles. The monoisotopic (exact) mass is 703 g/mol. The van der Waals surface area contributed by atoms with Crippen molar-refractivity contribution in [3.8, 4) is 11.3 Å². The molecule has 4 heteroatoms. The van der Waals surface area contributed by atoms with E-state index in [0.29, 0.717) is 11.7 Å². The van der Waals surface area contributed by atoms with Crippen molar-refractivity contribution >= 4 is 16.7 Å². The van der Waals surface area contributed by atoms with Crippen LogP contribution in [-0.2, 0) is 24.9 Å². The number of hydrogen-bond donors (Lipinski definition) is 1. The van der Waals surface area contributed by atoms with E-state index in [9.17, 15) is 9.90 Å². The van der Waals surface area contributed by atoms with Gasteiger partial charge in [-0.15, -0.1) is 34.9 Å². The van der Waals surface area contributed by atoms with E-state index in [4.69, 9.17) is 4.98 Å². The third-order valence-corrected chi connectivity index (χ3v) is 9.56. The van der Waals surface area contributed by atoms with Gasteiger partial charge in [-0.25, -0.2) is 0 Å². The molecule has 3 nitrogen and oxygen atoms in total. The minimum Gasteiger partial charge on any atom is -0.511 e. The Balaban J connectivity index is 0.000000211. The summed E-state index contributed by atoms with van der Waals surface area (Å²) in [5.41, 5.74) is 5.96. The van der Waals surface area contributed by atoms with Gasteiger partial charge in [-0.3, -0.25) is 9.78 Å². The first-order valence-electron chi connectivity index (χ1n) is 14.6. The fourth-order valence-electron chi connectivity index (χ4n) is 6.74. The second-order valence-electron chi connectivity index (χ2n) is 11.5. The van der Waals surface area contributed by atoms with E-state index in [0.717, 1.165) is 79.3 Å². The van der Waals surface area contributed by atoms with Gasteiger partial charge in [-0.2, -0.15) is 0 Å². The molecular weight excluding hydrogens is 659 g/mol. The first kappa shape index (κ1) is 31.2. The average Bonchev–Trinajstić information content (AvgIpc) is 2.93. The first-order valence-corrected chi connectivity index (χ1v) is 14.6. The van der Waals surface area contributed by atoms with Crippen LogP contribution in [0.2, 0.25) is 0 Å². The van der Waals surface area contributed by atoms with Gasteiger partial charge in [0, 0.05) is 36.5 Å². The number of nitrogens with zero attached hydrogens (tertiary/aromatic N) is 1. The maximum absolute atomic E-state index is 13.1. The number of aliphatic hydroxyl groups excluding tert-OH is 1. The minimum atomic E-state index is -0.204. The van der Waals surface area contributed by atoms with E-state index >= 15 is 0 Å². The molecule has 0 bridgehead atoms. The molecule has 211 valence electrons. The molecule has 1 unspecified atom stereocenters. The van der Waals surface area contributed by atoms with Crippen molar-refractivity contribution in [3.05, 3.63) is 77.1 Å². The number of fused-ring (bicyclic) bond motifs is 2. The zero-order valence-electron chi connectivity index (χ0n) is 24.5. The van der Waals surface area contributed by atoms with Gasteiger partial charge in [0.25, 0.3) is 0 Å². The summed E-state index contributed by atoms with van der Waals surface area (Å²) in [6.45, 7) is 12.7. The summed E-state index contributed by atoms with van der Waals surface area (Å²) in [7, 11) is 0. The minimum absolute atomic E-state index is 0. The van der Waals surface area contributed by atoms with Gasteiger partial charge in [0.05, 0.1) is 5.52 Å². The zero-order valence-corrected chi connectivity index (χ0v) is 26.9. The van der Waals surface area contributed by atoms with Gasteiger partial charge in [0.2, 0.25) is 0 Å². The summed E-state index contributed by atoms with van der Waals surface area (Å²) >= 11 is 0. The van der Waals surface area contributed by atoms with Crippen LogP contribution in [-0.4, -0.2) is 15.9 Å². The zero-order chi connectivity index (χ0) is 27.5. The summed E-state index contributed by atoms with van der Waals surface area (Å²) in [4.78, 5) is 17.8. The molecule has 2 aliphatic carbocycles. The van der Waals surface area contributed by atoms with Crippen LogP contribution in [0, 0.1) is 36.7 Å². The maximum Gasteiger partial charge on any atom is 0.168 e. The quantitative estimate of drug-likeness (QED) is 0.270. The number of aryl methyl sites for hydroxylation is 2. The van der Waals surface area contributed by atoms with E-state index in [1.807, 2.05) is 18.2 Å². The molecule has 1 heterocycles. The Labute approximate surface area is 248 Å². The van der Waals surface area contributed by atoms with Crippen molar-refractivity contribution in [3.63, 3.8) is 0 Å². The van der Waals surface area contributed by atoms with Crippen molar-refractivity contribution in [2.75, 3.05) is 0 Å². The largest absolute Gasteiger partial charge is 0.511 e. The number of Topliss-reactive ketones (excluding diaryl/α,β-unsaturated/α-hetero) is 1. The van der Waals surface area contributed by atoms with E-state index in [-0.39, 0.29) is 36.7 Å². The van der Waals surface area contributed by atoms with Crippen LogP contribution in [0.15, 0.2) is 59.9 Å². The van der Waals surface area contributed by atoms with Gasteiger partial charge < -0.3 is 5.11 Å². The molecule has 2 aliphatic rings. The molecule has 3 aromatic rings. The third-order valence-electron chi connectivity index (χ3n) is 9.56. The Morgan fingerprint density at radius 1 is 0.897 bits per heavy atom. The summed E-state index contributed by atoms with van der Waals surface area (Å²) in [6.07, 6.45) is 7.87. The van der Waals surface area contributed by atoms with Gasteiger partial charge in [0.1, 0.15) is 5.76 Å². The Morgan fingerprint density at radius 2 is 1.51 bits per heavy atom. The number of carbonyl (C=O) groups is 1. The number of hydrogen-bond acceptors (Lipinski definition) is 3. The number of pyridine rings is 1. The van der Waals surface area contributed by atoms with Gasteiger partial charge in [-0.1, -0.05) is 71.9 Å². The van der Waals surface area contributed by atoms with Gasteiger partial charge in [-0.05, 0) is 74.4 Å². The smallest absolute Gasteiger partial charge is 0.168 e. The summed E-state index contributed by atoms with van der Waals surface area (Å²) in [6, 6.07) is 20.0. The molecule has 39 heavy (non-hydrogen) atoms. The standard InChI is InChI=1S/C18H30O2.C17H14N.Ir/c1-5-17(6-2)11-9-13-10-12-18(7-3,8-4)16(20)14(13)15(17)19;1-12-9-13(2)11-15(10-12)17-8-7-14-5-3-4-6-16(14)18-17;/h13,19H,5-12H2,1-4H3;3-10H,1-2H3;/q;-1;. The predicted octanol–water partition coefficient (Wildman–Crippen LogP) is 9.50. The maximum atomic E-state index is 13.1. The number of ketones is 1. The van der Waals surface area contributed by atoms with Crippen molar-refractivity contribution in [2.24, 2.45) is 16.7 Å². The summed E-state index contributed by atoms with van der Waals surface area (Å²) in [5.74, 6) is 1.04. The number of para-hydroxylation sites is 1. The second-order valence-corrected chi connectivity index (χ2v) is 11.5. The van der Waals surface area contributed by atoms with Crippen molar-refractivity contribution < 1.29 is 30.0 Å². The van der Waals surface area contributed by atoms with Crippen LogP contribution in [0.4, 0.5) is 0 Å². The number of benzene rings is 2. The fraction of sp³-hybridized carbons (Fsp3) is 0.486. The summed E-state index contributed by atoms with van der Waals surface area (Å²) < 4.78 is 0. The number of carbonyl (C=O) groups excluding carboxylic acids is 1. The van der Waals surface area contributed by atoms with E-state index < -0.39 is 0 Å². The van der Waals surface area contributed by atoms with Crippen molar-refractivity contribution in [2.45, 2.75) is 92.9 Å². The fourth-order valence-corrected chi connectivity index (χ4v) is 6.74. The van der Waals surface area contributed by atoms with E-state index in [1.54, 1.807) is 0 Å². The molecule has 5 rings (SSSR count). The van der Waals surface area contributed by atoms with Crippen molar-refractivity contribution in [1.82, 2.24) is 4.98 Å². The van der Waals surface area contributed by atoms with E-state index in [1.165, 1.54) is 10.9 Å². The van der Waals surface area contributed by atoms with Crippen LogP contribution in [0.1, 0.15) is 90.2 Å². The molecule has 1 fully saturated rings. The molecule has 1 radical (unpaired) electrons. The molecule has 1 atom stereocenters. The molecule has 0 spiro atoms. The molecule has 0 aliphatic heterocycles. The average molecular weight is 703 g/mol. The molecule has 1 N–H and O–H groups in total. The van der Waals surface area contributed by atoms with E-state index in [2.05, 4.69) is 77.9 Å². The molecule has 0 saturated heterocycles. The number of aromatic nitrogens is 1. The van der Waals surface area contributed by atoms with Gasteiger partial charge >= 0.3 is 0 Å². The number of rotatable bonds is 5. The van der Waals surface area contributed by atoms with Crippen molar-refractivity contribution in [1.29, 1.82) is 0 Å². The summed E-state index contributed by atoms with van der Waals surface area (Å²) in [5, 5.41) is 12.0. The molecular formula is C35H44IrNO2-. The van der Waals surface area contributed by atoms with Crippen LogP contribution in [0.3, 0.4) is 0 Å². The third kappa shape index (κ3) is 6.08. The Bertz CT molecular complexity index is 1310. The predicted molar refractivity (Wildman–Crippen MR) is 158 cm³/mol. The topological polar surface area (TPSA) is 50.2 Å². The SMILES string of the molecule is CCC1(CC)CCC2CCC(CC)(CC)C(O)=C2C1=O.Cc1[c-]c(-c2ccc3ccccc3n2)cc(C)c1.[Ir]. The van der Waals surface area contributed by atoms with Crippen LogP contribution in [0.5, 0.6) is 0 Å². The normalized spacial score (nSPS) is 19.5. The van der Waals surface area contributed by atoms with Crippen LogP contribution < -0.4 is 0 Å². The second kappa shape index (κ2) is 12.9. The number of allylic oxidation sites excluding steroid dienone is 2. The molecule has 1 aromatic heterocycles. The Kier molecular flexibility index (Phi) is 10.3. The van der Waals surface area contributed by atoms with Crippen LogP contribution in [0.25, 0.3) is 22.2 Å². The Morgan fingerprint density at radius 3 is 2.13 bits per heavy atom. The van der Waals surface area contributed by atoms with Crippen LogP contribution >= 0.6 is 0 Å².